The van der Waals surface area contributed by atoms with Gasteiger partial charge >= 0.3 is 0 Å². The van der Waals surface area contributed by atoms with E-state index < -0.39 is 10.8 Å². The first kappa shape index (κ1) is 17.6. The van der Waals surface area contributed by atoms with E-state index >= 15 is 0 Å². The van der Waals surface area contributed by atoms with Gasteiger partial charge in [-0.2, -0.15) is 0 Å². The van der Waals surface area contributed by atoms with Crippen LogP contribution in [0.3, 0.4) is 0 Å². The van der Waals surface area contributed by atoms with Gasteiger partial charge in [-0.3, -0.25) is 19.7 Å². The van der Waals surface area contributed by atoms with Crippen molar-refractivity contribution in [3.63, 3.8) is 0 Å². The average Bonchev–Trinajstić information content (AvgIpc) is 2.42. The Kier molecular flexibility index (Phi) is 6.46. The number of nitrogens with one attached hydrogen (secondary N) is 2. The molecule has 120 valence electrons. The van der Waals surface area contributed by atoms with Crippen LogP contribution in [0.5, 0.6) is 0 Å². The van der Waals surface area contributed by atoms with E-state index in [-0.39, 0.29) is 22.8 Å². The van der Waals surface area contributed by atoms with Gasteiger partial charge in [-0.1, -0.05) is 0 Å². The van der Waals surface area contributed by atoms with Crippen LogP contribution in [0.1, 0.15) is 23.7 Å². The third kappa shape index (κ3) is 5.49. The highest BCUT2D eigenvalue weighted by Gasteiger charge is 2.18. The number of anilines is 1. The summed E-state index contributed by atoms with van der Waals surface area (Å²) in [4.78, 5) is 35.4. The molecule has 0 aliphatic carbocycles. The summed E-state index contributed by atoms with van der Waals surface area (Å²) in [7, 11) is 3.87. The van der Waals surface area contributed by atoms with Crippen molar-refractivity contribution in [2.75, 3.05) is 32.5 Å². The number of amides is 2. The molecule has 0 spiro atoms. The van der Waals surface area contributed by atoms with E-state index in [2.05, 4.69) is 10.6 Å². The van der Waals surface area contributed by atoms with Crippen LogP contribution in [0.25, 0.3) is 0 Å². The first-order valence-electron chi connectivity index (χ1n) is 6.80. The van der Waals surface area contributed by atoms with Gasteiger partial charge in [0.05, 0.1) is 4.92 Å². The lowest BCUT2D eigenvalue weighted by atomic mass is 10.1. The van der Waals surface area contributed by atoms with Gasteiger partial charge in [0.1, 0.15) is 5.69 Å². The molecule has 8 nitrogen and oxygen atoms in total. The summed E-state index contributed by atoms with van der Waals surface area (Å²) in [5.41, 5.74) is -0.0524. The maximum atomic E-state index is 12.0. The summed E-state index contributed by atoms with van der Waals surface area (Å²) in [6, 6.07) is 3.96. The maximum Gasteiger partial charge on any atom is 0.293 e. The Balaban J connectivity index is 2.78. The number of nitro benzene ring substituents is 1. The molecule has 0 bridgehead atoms. The van der Waals surface area contributed by atoms with Gasteiger partial charge in [-0.25, -0.2) is 0 Å². The molecule has 0 aliphatic rings. The minimum Gasteiger partial charge on any atom is -0.352 e. The van der Waals surface area contributed by atoms with Crippen LogP contribution in [-0.2, 0) is 4.79 Å². The molecule has 0 heterocycles. The Morgan fingerprint density at radius 2 is 2.00 bits per heavy atom. The predicted molar refractivity (Wildman–Crippen MR) is 82.9 cm³/mol. The van der Waals surface area contributed by atoms with E-state index in [4.69, 9.17) is 0 Å². The number of nitro groups is 1. The van der Waals surface area contributed by atoms with E-state index in [1.54, 1.807) is 0 Å². The molecule has 0 aliphatic heterocycles. The van der Waals surface area contributed by atoms with Gasteiger partial charge in [0.15, 0.2) is 0 Å². The molecule has 0 unspecified atom stereocenters. The number of hydrogen-bond acceptors (Lipinski definition) is 5. The molecule has 0 fully saturated rings. The predicted octanol–water partition coefficient (Wildman–Crippen LogP) is 1.23. The molecule has 0 atom stereocenters. The third-order valence-electron chi connectivity index (χ3n) is 2.83. The highest BCUT2D eigenvalue weighted by Crippen LogP contribution is 2.25. The Morgan fingerprint density at radius 3 is 2.55 bits per heavy atom. The number of rotatable bonds is 7. The lowest BCUT2D eigenvalue weighted by Gasteiger charge is -2.10. The fourth-order valence-corrected chi connectivity index (χ4v) is 1.82. The Bertz CT molecular complexity index is 572. The van der Waals surface area contributed by atoms with Crippen molar-refractivity contribution in [1.29, 1.82) is 0 Å². The Morgan fingerprint density at radius 1 is 1.32 bits per heavy atom. The van der Waals surface area contributed by atoms with E-state index in [1.807, 2.05) is 19.0 Å². The Labute approximate surface area is 128 Å². The minimum atomic E-state index is -0.631. The van der Waals surface area contributed by atoms with E-state index in [0.717, 1.165) is 19.0 Å². The molecule has 0 saturated heterocycles. The summed E-state index contributed by atoms with van der Waals surface area (Å²) in [6.45, 7) is 2.58. The monoisotopic (exact) mass is 308 g/mol. The van der Waals surface area contributed by atoms with Crippen molar-refractivity contribution >= 4 is 23.2 Å². The maximum absolute atomic E-state index is 12.0. The molecule has 0 aromatic heterocycles. The van der Waals surface area contributed by atoms with E-state index in [0.29, 0.717) is 6.54 Å². The topological polar surface area (TPSA) is 105 Å². The first-order chi connectivity index (χ1) is 10.3. The summed E-state index contributed by atoms with van der Waals surface area (Å²) in [5.74, 6) is -0.791. The summed E-state index contributed by atoms with van der Waals surface area (Å²) in [6.07, 6.45) is 0.783. The second kappa shape index (κ2) is 8.08. The van der Waals surface area contributed by atoms with Crippen LogP contribution in [-0.4, -0.2) is 48.8 Å². The lowest BCUT2D eigenvalue weighted by Crippen LogP contribution is -2.27. The summed E-state index contributed by atoms with van der Waals surface area (Å²) < 4.78 is 0. The molecule has 1 aromatic carbocycles. The molecule has 1 aromatic rings. The normalized spacial score (nSPS) is 10.4. The molecule has 0 radical (unpaired) electrons. The van der Waals surface area contributed by atoms with Crippen LogP contribution < -0.4 is 10.6 Å². The van der Waals surface area contributed by atoms with E-state index in [1.165, 1.54) is 19.1 Å². The highest BCUT2D eigenvalue weighted by atomic mass is 16.6. The number of hydrogen-bond donors (Lipinski definition) is 2. The summed E-state index contributed by atoms with van der Waals surface area (Å²) >= 11 is 0. The zero-order chi connectivity index (χ0) is 16.7. The van der Waals surface area contributed by atoms with Crippen LogP contribution in [0.4, 0.5) is 11.4 Å². The number of nitrogens with zero attached hydrogens (tertiary/aromatic N) is 2. The molecular formula is C14H20N4O4. The molecular weight excluding hydrogens is 288 g/mol. The summed E-state index contributed by atoms with van der Waals surface area (Å²) in [5, 5.41) is 16.1. The van der Waals surface area contributed by atoms with Gasteiger partial charge in [0.2, 0.25) is 5.91 Å². The second-order valence-electron chi connectivity index (χ2n) is 5.08. The third-order valence-corrected chi connectivity index (χ3v) is 2.83. The standard InChI is InChI=1S/C14H20N4O4/c1-10(19)16-12-6-5-11(9-13(12)18(21)22)14(20)15-7-4-8-17(2)3/h5-6,9H,4,7-8H2,1-3H3,(H,15,20)(H,16,19). The molecule has 2 N–H and O–H groups in total. The molecule has 0 saturated carbocycles. The molecule has 22 heavy (non-hydrogen) atoms. The number of carbonyl (C=O) groups excluding carboxylic acids is 2. The average molecular weight is 308 g/mol. The van der Waals surface area contributed by atoms with Crippen molar-refractivity contribution in [2.24, 2.45) is 0 Å². The van der Waals surface area contributed by atoms with Gasteiger partial charge in [0.25, 0.3) is 11.6 Å². The molecule has 1 rings (SSSR count). The minimum absolute atomic E-state index is 0.0710. The van der Waals surface area contributed by atoms with Crippen molar-refractivity contribution in [3.8, 4) is 0 Å². The zero-order valence-electron chi connectivity index (χ0n) is 12.9. The number of benzene rings is 1. The zero-order valence-corrected chi connectivity index (χ0v) is 12.9. The quantitative estimate of drug-likeness (QED) is 0.448. The number of carbonyl (C=O) groups is 2. The van der Waals surface area contributed by atoms with Gasteiger partial charge in [-0.15, -0.1) is 0 Å². The second-order valence-corrected chi connectivity index (χ2v) is 5.08. The van der Waals surface area contributed by atoms with Gasteiger partial charge in [0, 0.05) is 25.1 Å². The van der Waals surface area contributed by atoms with Crippen molar-refractivity contribution in [1.82, 2.24) is 10.2 Å². The van der Waals surface area contributed by atoms with Gasteiger partial charge in [-0.05, 0) is 39.2 Å². The fourth-order valence-electron chi connectivity index (χ4n) is 1.82. The first-order valence-corrected chi connectivity index (χ1v) is 6.80. The van der Waals surface area contributed by atoms with Crippen molar-refractivity contribution < 1.29 is 14.5 Å². The van der Waals surface area contributed by atoms with Crippen LogP contribution >= 0.6 is 0 Å². The van der Waals surface area contributed by atoms with Crippen LogP contribution in [0.15, 0.2) is 18.2 Å². The molecule has 8 heteroatoms. The van der Waals surface area contributed by atoms with Crippen LogP contribution in [0.2, 0.25) is 0 Å². The fraction of sp³-hybridized carbons (Fsp3) is 0.429. The highest BCUT2D eigenvalue weighted by molar-refractivity contribution is 5.97. The lowest BCUT2D eigenvalue weighted by molar-refractivity contribution is -0.384. The van der Waals surface area contributed by atoms with Crippen molar-refractivity contribution in [2.45, 2.75) is 13.3 Å². The SMILES string of the molecule is CC(=O)Nc1ccc(C(=O)NCCCN(C)C)cc1[N+](=O)[O-]. The Hall–Kier alpha value is -2.48. The largest absolute Gasteiger partial charge is 0.352 e. The van der Waals surface area contributed by atoms with Crippen molar-refractivity contribution in [3.05, 3.63) is 33.9 Å². The smallest absolute Gasteiger partial charge is 0.293 e. The molecule has 2 amide bonds. The van der Waals surface area contributed by atoms with E-state index in [9.17, 15) is 19.7 Å². The van der Waals surface area contributed by atoms with Gasteiger partial charge < -0.3 is 15.5 Å². The van der Waals surface area contributed by atoms with Crippen LogP contribution in [0, 0.1) is 10.1 Å².